The third-order valence-electron chi connectivity index (χ3n) is 3.48. The summed E-state index contributed by atoms with van der Waals surface area (Å²) in [7, 11) is 0. The highest BCUT2D eigenvalue weighted by molar-refractivity contribution is 5.46. The predicted molar refractivity (Wildman–Crippen MR) is 71.8 cm³/mol. The van der Waals surface area contributed by atoms with Crippen molar-refractivity contribution >= 4 is 5.69 Å². The first-order valence-corrected chi connectivity index (χ1v) is 6.53. The van der Waals surface area contributed by atoms with Crippen molar-refractivity contribution in [3.05, 3.63) is 53.7 Å². The highest BCUT2D eigenvalue weighted by atomic mass is 19.1. The zero-order chi connectivity index (χ0) is 13.2. The van der Waals surface area contributed by atoms with Crippen LogP contribution in [0.4, 0.5) is 10.1 Å². The smallest absolute Gasteiger partial charge is 0.125 e. The molecule has 1 heterocycles. The van der Waals surface area contributed by atoms with Gasteiger partial charge in [0.15, 0.2) is 0 Å². The van der Waals surface area contributed by atoms with E-state index in [9.17, 15) is 4.39 Å². The van der Waals surface area contributed by atoms with Gasteiger partial charge < -0.3 is 10.2 Å². The number of nitrogens with zero attached hydrogens (tertiary/aromatic N) is 1. The van der Waals surface area contributed by atoms with E-state index in [-0.39, 0.29) is 5.82 Å². The molecular formula is C15H17FN2O. The van der Waals surface area contributed by atoms with Crippen LogP contribution in [-0.4, -0.2) is 10.9 Å². The van der Waals surface area contributed by atoms with Gasteiger partial charge in [-0.2, -0.15) is 0 Å². The summed E-state index contributed by atoms with van der Waals surface area (Å²) in [5, 5.41) is 0. The first-order chi connectivity index (χ1) is 9.22. The van der Waals surface area contributed by atoms with Crippen LogP contribution in [0.3, 0.4) is 0 Å². The minimum absolute atomic E-state index is 0.287. The Morgan fingerprint density at radius 2 is 2.11 bits per heavy atom. The maximum atomic E-state index is 13.1. The lowest BCUT2D eigenvalue weighted by Crippen LogP contribution is -2.25. The number of anilines is 1. The molecule has 100 valence electrons. The van der Waals surface area contributed by atoms with Gasteiger partial charge in [0.2, 0.25) is 0 Å². The summed E-state index contributed by atoms with van der Waals surface area (Å²) in [4.78, 5) is 2.34. The van der Waals surface area contributed by atoms with Crippen molar-refractivity contribution in [2.24, 2.45) is 0 Å². The van der Waals surface area contributed by atoms with Crippen LogP contribution >= 0.6 is 0 Å². The summed E-state index contributed by atoms with van der Waals surface area (Å²) in [5.74, 6) is 0.665. The first-order valence-electron chi connectivity index (χ1n) is 6.53. The number of benzene rings is 1. The summed E-state index contributed by atoms with van der Waals surface area (Å²) in [6.07, 6.45) is 4.11. The molecule has 0 unspecified atom stereocenters. The molecule has 0 amide bonds. The molecule has 4 heteroatoms. The van der Waals surface area contributed by atoms with Gasteiger partial charge in [-0.1, -0.05) is 6.07 Å². The van der Waals surface area contributed by atoms with E-state index in [4.69, 9.17) is 10.2 Å². The number of nitrogens with two attached hydrogens (primary N) is 1. The van der Waals surface area contributed by atoms with Crippen LogP contribution in [0.5, 0.6) is 0 Å². The zero-order valence-electron chi connectivity index (χ0n) is 10.7. The van der Waals surface area contributed by atoms with Crippen LogP contribution in [-0.2, 0) is 13.1 Å². The fourth-order valence-electron chi connectivity index (χ4n) is 2.29. The Morgan fingerprint density at radius 3 is 2.74 bits per heavy atom. The second kappa shape index (κ2) is 5.05. The Labute approximate surface area is 111 Å². The number of hydrogen-bond acceptors (Lipinski definition) is 3. The molecule has 0 radical (unpaired) electrons. The van der Waals surface area contributed by atoms with Crippen molar-refractivity contribution in [3.8, 4) is 0 Å². The third kappa shape index (κ3) is 2.96. The van der Waals surface area contributed by atoms with Crippen LogP contribution in [0.2, 0.25) is 0 Å². The van der Waals surface area contributed by atoms with Crippen molar-refractivity contribution < 1.29 is 8.81 Å². The molecule has 0 saturated heterocycles. The number of nitrogen functional groups attached to an aromatic ring is 1. The van der Waals surface area contributed by atoms with E-state index in [1.54, 1.807) is 12.3 Å². The molecule has 0 aliphatic heterocycles. The molecule has 3 rings (SSSR count). The van der Waals surface area contributed by atoms with E-state index >= 15 is 0 Å². The largest absolute Gasteiger partial charge is 0.468 e. The molecule has 2 aromatic rings. The van der Waals surface area contributed by atoms with Gasteiger partial charge in [0.05, 0.1) is 12.8 Å². The van der Waals surface area contributed by atoms with Crippen LogP contribution in [0.25, 0.3) is 0 Å². The molecular weight excluding hydrogens is 243 g/mol. The SMILES string of the molecule is Nc1cc(F)ccc1CN(Cc1ccco1)C1CC1. The minimum atomic E-state index is -0.287. The maximum Gasteiger partial charge on any atom is 0.125 e. The average Bonchev–Trinajstić information content (AvgIpc) is 3.10. The molecule has 1 aliphatic rings. The van der Waals surface area contributed by atoms with Gasteiger partial charge in [0.1, 0.15) is 11.6 Å². The number of hydrogen-bond donors (Lipinski definition) is 1. The van der Waals surface area contributed by atoms with Gasteiger partial charge in [-0.15, -0.1) is 0 Å². The van der Waals surface area contributed by atoms with E-state index in [1.807, 2.05) is 12.1 Å². The summed E-state index contributed by atoms with van der Waals surface area (Å²) in [6, 6.07) is 9.07. The molecule has 1 aliphatic carbocycles. The molecule has 2 N–H and O–H groups in total. The van der Waals surface area contributed by atoms with Gasteiger partial charge in [-0.05, 0) is 42.7 Å². The van der Waals surface area contributed by atoms with E-state index in [0.29, 0.717) is 11.7 Å². The number of furan rings is 1. The monoisotopic (exact) mass is 260 g/mol. The Kier molecular flexibility index (Phi) is 3.25. The van der Waals surface area contributed by atoms with E-state index in [2.05, 4.69) is 4.90 Å². The van der Waals surface area contributed by atoms with Crippen molar-refractivity contribution in [1.29, 1.82) is 0 Å². The van der Waals surface area contributed by atoms with E-state index in [0.717, 1.165) is 24.4 Å². The van der Waals surface area contributed by atoms with Gasteiger partial charge in [0.25, 0.3) is 0 Å². The minimum Gasteiger partial charge on any atom is -0.468 e. The average molecular weight is 260 g/mol. The molecule has 3 nitrogen and oxygen atoms in total. The zero-order valence-corrected chi connectivity index (χ0v) is 10.7. The molecule has 0 spiro atoms. The lowest BCUT2D eigenvalue weighted by atomic mass is 10.1. The van der Waals surface area contributed by atoms with Gasteiger partial charge in [-0.25, -0.2) is 4.39 Å². The molecule has 1 aromatic carbocycles. The standard InChI is InChI=1S/C15H17FN2O/c16-12-4-3-11(15(17)8-12)9-18(13-5-6-13)10-14-2-1-7-19-14/h1-4,7-8,13H,5-6,9-10,17H2. The normalized spacial score (nSPS) is 15.1. The van der Waals surface area contributed by atoms with E-state index in [1.165, 1.54) is 25.0 Å². The number of rotatable bonds is 5. The Bertz CT molecular complexity index is 549. The second-order valence-corrected chi connectivity index (χ2v) is 5.06. The molecule has 0 atom stereocenters. The quantitative estimate of drug-likeness (QED) is 0.840. The highest BCUT2D eigenvalue weighted by Crippen LogP contribution is 2.30. The fourth-order valence-corrected chi connectivity index (χ4v) is 2.29. The van der Waals surface area contributed by atoms with Crippen LogP contribution in [0.15, 0.2) is 41.0 Å². The van der Waals surface area contributed by atoms with E-state index < -0.39 is 0 Å². The van der Waals surface area contributed by atoms with Gasteiger partial charge in [0, 0.05) is 18.3 Å². The molecule has 0 bridgehead atoms. The number of halogens is 1. The van der Waals surface area contributed by atoms with Crippen molar-refractivity contribution in [2.45, 2.75) is 32.0 Å². The highest BCUT2D eigenvalue weighted by Gasteiger charge is 2.29. The predicted octanol–water partition coefficient (Wildman–Crippen LogP) is 3.17. The lowest BCUT2D eigenvalue weighted by molar-refractivity contribution is 0.225. The summed E-state index contributed by atoms with van der Waals surface area (Å²) in [5.41, 5.74) is 7.36. The molecule has 19 heavy (non-hydrogen) atoms. The fraction of sp³-hybridized carbons (Fsp3) is 0.333. The Hall–Kier alpha value is -1.81. The maximum absolute atomic E-state index is 13.1. The summed E-state index contributed by atoms with van der Waals surface area (Å²) in [6.45, 7) is 1.51. The lowest BCUT2D eigenvalue weighted by Gasteiger charge is -2.21. The molecule has 1 saturated carbocycles. The second-order valence-electron chi connectivity index (χ2n) is 5.06. The van der Waals surface area contributed by atoms with Gasteiger partial charge >= 0.3 is 0 Å². The third-order valence-corrected chi connectivity index (χ3v) is 3.48. The Morgan fingerprint density at radius 1 is 1.26 bits per heavy atom. The van der Waals surface area contributed by atoms with Crippen molar-refractivity contribution in [3.63, 3.8) is 0 Å². The van der Waals surface area contributed by atoms with Crippen molar-refractivity contribution in [1.82, 2.24) is 4.90 Å². The van der Waals surface area contributed by atoms with Crippen molar-refractivity contribution in [2.75, 3.05) is 5.73 Å². The summed E-state index contributed by atoms with van der Waals surface area (Å²) >= 11 is 0. The topological polar surface area (TPSA) is 42.4 Å². The first kappa shape index (κ1) is 12.2. The molecule has 1 fully saturated rings. The van der Waals surface area contributed by atoms with Crippen LogP contribution in [0, 0.1) is 5.82 Å². The van der Waals surface area contributed by atoms with Crippen LogP contribution < -0.4 is 5.73 Å². The summed E-state index contributed by atoms with van der Waals surface area (Å²) < 4.78 is 18.4. The van der Waals surface area contributed by atoms with Crippen LogP contribution in [0.1, 0.15) is 24.2 Å². The molecule has 1 aromatic heterocycles. The Balaban J connectivity index is 1.74. The van der Waals surface area contributed by atoms with Gasteiger partial charge in [-0.3, -0.25) is 4.90 Å².